The van der Waals surface area contributed by atoms with E-state index in [2.05, 4.69) is 28.0 Å². The van der Waals surface area contributed by atoms with Crippen molar-refractivity contribution in [2.24, 2.45) is 11.7 Å². The lowest BCUT2D eigenvalue weighted by molar-refractivity contribution is -0.122. The zero-order chi connectivity index (χ0) is 15.5. The van der Waals surface area contributed by atoms with Crippen LogP contribution in [0.25, 0.3) is 10.9 Å². The van der Waals surface area contributed by atoms with Crippen LogP contribution in [0.2, 0.25) is 0 Å². The molecule has 1 aromatic carbocycles. The fourth-order valence-corrected chi connectivity index (χ4v) is 2.99. The average molecular weight is 298 g/mol. The summed E-state index contributed by atoms with van der Waals surface area (Å²) in [5.74, 6) is -0.335. The van der Waals surface area contributed by atoms with Crippen LogP contribution in [0.3, 0.4) is 0 Å². The quantitative estimate of drug-likeness (QED) is 0.921. The Bertz CT molecular complexity index is 673. The van der Waals surface area contributed by atoms with Crippen molar-refractivity contribution < 1.29 is 4.79 Å². The average Bonchev–Trinajstić information content (AvgIpc) is 2.69. The standard InChI is InChI=1S/C17H22N4O/c1-20-8-9-21(11-14(10-20)17(18)22)12-15-7-6-13-4-2-3-5-16(13)19-15/h2-7,14H,8-12H2,1H3,(H2,18,22)/t14-/m0/s1. The van der Waals surface area contributed by atoms with Crippen molar-refractivity contribution in [3.05, 3.63) is 42.1 Å². The molecule has 0 saturated carbocycles. The molecule has 22 heavy (non-hydrogen) atoms. The Morgan fingerprint density at radius 2 is 2.05 bits per heavy atom. The number of carbonyl (C=O) groups is 1. The molecular formula is C17H22N4O. The third-order valence-corrected chi connectivity index (χ3v) is 4.25. The number of primary amides is 1. The smallest absolute Gasteiger partial charge is 0.223 e. The highest BCUT2D eigenvalue weighted by Crippen LogP contribution is 2.15. The normalized spacial score (nSPS) is 20.9. The number of amides is 1. The van der Waals surface area contributed by atoms with E-state index in [-0.39, 0.29) is 11.8 Å². The molecule has 2 heterocycles. The van der Waals surface area contributed by atoms with Crippen molar-refractivity contribution in [2.75, 3.05) is 33.2 Å². The summed E-state index contributed by atoms with van der Waals surface area (Å²) in [6.07, 6.45) is 0. The Morgan fingerprint density at radius 1 is 1.23 bits per heavy atom. The van der Waals surface area contributed by atoms with Crippen LogP contribution in [0.4, 0.5) is 0 Å². The largest absolute Gasteiger partial charge is 0.369 e. The lowest BCUT2D eigenvalue weighted by Gasteiger charge is -2.21. The number of rotatable bonds is 3. The van der Waals surface area contributed by atoms with Crippen LogP contribution in [0.5, 0.6) is 0 Å². The van der Waals surface area contributed by atoms with Crippen LogP contribution >= 0.6 is 0 Å². The number of likely N-dealkylation sites (N-methyl/N-ethyl adjacent to an activating group) is 1. The lowest BCUT2D eigenvalue weighted by Crippen LogP contribution is -2.37. The lowest BCUT2D eigenvalue weighted by atomic mass is 10.1. The van der Waals surface area contributed by atoms with Crippen molar-refractivity contribution in [3.8, 4) is 0 Å². The van der Waals surface area contributed by atoms with E-state index in [0.717, 1.165) is 42.8 Å². The van der Waals surface area contributed by atoms with Crippen LogP contribution < -0.4 is 5.73 Å². The fourth-order valence-electron chi connectivity index (χ4n) is 2.99. The predicted octanol–water partition coefficient (Wildman–Crippen LogP) is 1.08. The minimum atomic E-state index is -0.217. The van der Waals surface area contributed by atoms with Crippen LogP contribution in [-0.4, -0.2) is 53.9 Å². The summed E-state index contributed by atoms with van der Waals surface area (Å²) in [5.41, 5.74) is 7.57. The Balaban J connectivity index is 1.76. The number of nitrogens with zero attached hydrogens (tertiary/aromatic N) is 3. The summed E-state index contributed by atoms with van der Waals surface area (Å²) in [7, 11) is 2.04. The first-order chi connectivity index (χ1) is 10.6. The molecule has 1 atom stereocenters. The third kappa shape index (κ3) is 3.43. The number of carbonyl (C=O) groups excluding carboxylic acids is 1. The summed E-state index contributed by atoms with van der Waals surface area (Å²) in [6, 6.07) is 12.3. The number of benzene rings is 1. The third-order valence-electron chi connectivity index (χ3n) is 4.25. The van der Waals surface area contributed by atoms with Gasteiger partial charge in [0.1, 0.15) is 0 Å². The molecule has 0 radical (unpaired) electrons. The van der Waals surface area contributed by atoms with Crippen LogP contribution in [0, 0.1) is 5.92 Å². The van der Waals surface area contributed by atoms with Gasteiger partial charge in [0.05, 0.1) is 17.1 Å². The van der Waals surface area contributed by atoms with E-state index in [4.69, 9.17) is 10.7 Å². The molecule has 1 saturated heterocycles. The maximum atomic E-state index is 11.6. The minimum absolute atomic E-state index is 0.118. The van der Waals surface area contributed by atoms with Gasteiger partial charge in [-0.05, 0) is 19.2 Å². The first-order valence-electron chi connectivity index (χ1n) is 7.67. The second kappa shape index (κ2) is 6.42. The number of hydrogen-bond acceptors (Lipinski definition) is 4. The zero-order valence-corrected chi connectivity index (χ0v) is 12.9. The van der Waals surface area contributed by atoms with E-state index in [1.807, 2.05) is 25.2 Å². The summed E-state index contributed by atoms with van der Waals surface area (Å²) >= 11 is 0. The van der Waals surface area contributed by atoms with Gasteiger partial charge in [-0.1, -0.05) is 24.3 Å². The van der Waals surface area contributed by atoms with Crippen molar-refractivity contribution in [3.63, 3.8) is 0 Å². The second-order valence-corrected chi connectivity index (χ2v) is 6.09. The van der Waals surface area contributed by atoms with Crippen molar-refractivity contribution in [1.29, 1.82) is 0 Å². The van der Waals surface area contributed by atoms with Crippen molar-refractivity contribution >= 4 is 16.8 Å². The molecule has 1 aromatic heterocycles. The molecule has 116 valence electrons. The first kappa shape index (κ1) is 14.9. The highest BCUT2D eigenvalue weighted by atomic mass is 16.1. The molecule has 0 aliphatic carbocycles. The Kier molecular flexibility index (Phi) is 4.36. The fraction of sp³-hybridized carbons (Fsp3) is 0.412. The summed E-state index contributed by atoms with van der Waals surface area (Å²) in [4.78, 5) is 20.7. The SMILES string of the molecule is CN1CCN(Cc2ccc3ccccc3n2)C[C@@H](C(N)=O)C1. The minimum Gasteiger partial charge on any atom is -0.369 e. The van der Waals surface area contributed by atoms with E-state index in [1.54, 1.807) is 0 Å². The number of pyridine rings is 1. The molecule has 1 amide bonds. The molecule has 2 aromatic rings. The molecule has 1 aliphatic heterocycles. The van der Waals surface area contributed by atoms with Gasteiger partial charge < -0.3 is 10.6 Å². The van der Waals surface area contributed by atoms with Gasteiger partial charge in [0.25, 0.3) is 0 Å². The molecule has 5 nitrogen and oxygen atoms in total. The van der Waals surface area contributed by atoms with Crippen molar-refractivity contribution in [1.82, 2.24) is 14.8 Å². The topological polar surface area (TPSA) is 62.5 Å². The van der Waals surface area contributed by atoms with E-state index in [9.17, 15) is 4.79 Å². The van der Waals surface area contributed by atoms with Gasteiger partial charge in [-0.15, -0.1) is 0 Å². The predicted molar refractivity (Wildman–Crippen MR) is 87.2 cm³/mol. The highest BCUT2D eigenvalue weighted by Gasteiger charge is 2.25. The van der Waals surface area contributed by atoms with Gasteiger partial charge in [0.2, 0.25) is 5.91 Å². The molecule has 0 unspecified atom stereocenters. The number of aromatic nitrogens is 1. The molecule has 5 heteroatoms. The number of hydrogen-bond donors (Lipinski definition) is 1. The van der Waals surface area contributed by atoms with Gasteiger partial charge in [-0.2, -0.15) is 0 Å². The van der Waals surface area contributed by atoms with Gasteiger partial charge >= 0.3 is 0 Å². The van der Waals surface area contributed by atoms with E-state index in [0.29, 0.717) is 6.54 Å². The van der Waals surface area contributed by atoms with Gasteiger partial charge in [-0.3, -0.25) is 14.7 Å². The van der Waals surface area contributed by atoms with Gasteiger partial charge in [-0.25, -0.2) is 0 Å². The van der Waals surface area contributed by atoms with Crippen LogP contribution in [0.1, 0.15) is 5.69 Å². The summed E-state index contributed by atoms with van der Waals surface area (Å²) in [5, 5.41) is 1.15. The second-order valence-electron chi connectivity index (χ2n) is 6.09. The summed E-state index contributed by atoms with van der Waals surface area (Å²) in [6.45, 7) is 4.06. The molecule has 1 fully saturated rings. The molecule has 0 bridgehead atoms. The molecule has 0 spiro atoms. The molecule has 3 rings (SSSR count). The molecular weight excluding hydrogens is 276 g/mol. The van der Waals surface area contributed by atoms with Crippen LogP contribution in [0.15, 0.2) is 36.4 Å². The maximum Gasteiger partial charge on any atom is 0.223 e. The Labute approximate surface area is 130 Å². The molecule has 2 N–H and O–H groups in total. The number of nitrogens with two attached hydrogens (primary N) is 1. The molecule has 1 aliphatic rings. The summed E-state index contributed by atoms with van der Waals surface area (Å²) < 4.78 is 0. The maximum absolute atomic E-state index is 11.6. The van der Waals surface area contributed by atoms with Crippen molar-refractivity contribution in [2.45, 2.75) is 6.54 Å². The monoisotopic (exact) mass is 298 g/mol. The van der Waals surface area contributed by atoms with Crippen LogP contribution in [-0.2, 0) is 11.3 Å². The van der Waals surface area contributed by atoms with E-state index >= 15 is 0 Å². The van der Waals surface area contributed by atoms with E-state index in [1.165, 1.54) is 0 Å². The first-order valence-corrected chi connectivity index (χ1v) is 7.67. The van der Waals surface area contributed by atoms with Gasteiger partial charge in [0, 0.05) is 38.1 Å². The number of fused-ring (bicyclic) bond motifs is 1. The zero-order valence-electron chi connectivity index (χ0n) is 12.9. The Hall–Kier alpha value is -1.98. The van der Waals surface area contributed by atoms with Gasteiger partial charge in [0.15, 0.2) is 0 Å². The van der Waals surface area contributed by atoms with E-state index < -0.39 is 0 Å². The number of para-hydroxylation sites is 1. The Morgan fingerprint density at radius 3 is 2.86 bits per heavy atom. The highest BCUT2D eigenvalue weighted by molar-refractivity contribution is 5.78.